The molecule has 9 atom stereocenters. The molecular formula is C26H41NO4. The highest BCUT2D eigenvalue weighted by atomic mass is 16.7. The second-order valence-corrected chi connectivity index (χ2v) is 11.3. The van der Waals surface area contributed by atoms with Crippen LogP contribution in [0.3, 0.4) is 0 Å². The van der Waals surface area contributed by atoms with E-state index in [9.17, 15) is 10.1 Å². The van der Waals surface area contributed by atoms with Crippen molar-refractivity contribution in [3.8, 4) is 6.07 Å². The first-order valence-corrected chi connectivity index (χ1v) is 12.6. The van der Waals surface area contributed by atoms with Gasteiger partial charge >= 0.3 is 5.97 Å². The van der Waals surface area contributed by atoms with Crippen molar-refractivity contribution < 1.29 is 19.0 Å². The highest BCUT2D eigenvalue weighted by molar-refractivity contribution is 5.66. The summed E-state index contributed by atoms with van der Waals surface area (Å²) in [5.41, 5.74) is -1.10. The van der Waals surface area contributed by atoms with E-state index < -0.39 is 5.60 Å². The molecule has 0 aromatic rings. The van der Waals surface area contributed by atoms with Crippen LogP contribution in [-0.4, -0.2) is 30.1 Å². The molecule has 5 nitrogen and oxygen atoms in total. The van der Waals surface area contributed by atoms with Crippen molar-refractivity contribution in [3.05, 3.63) is 0 Å². The van der Waals surface area contributed by atoms with Crippen molar-refractivity contribution in [1.82, 2.24) is 0 Å². The lowest BCUT2D eigenvalue weighted by molar-refractivity contribution is -0.223. The van der Waals surface area contributed by atoms with Gasteiger partial charge in [0.2, 0.25) is 0 Å². The Bertz CT molecular complexity index is 733. The van der Waals surface area contributed by atoms with E-state index in [1.807, 2.05) is 13.8 Å². The van der Waals surface area contributed by atoms with Crippen molar-refractivity contribution in [2.45, 2.75) is 110 Å². The van der Waals surface area contributed by atoms with E-state index >= 15 is 0 Å². The number of hydrogen-bond acceptors (Lipinski definition) is 5. The molecule has 4 rings (SSSR count). The largest absolute Gasteiger partial charge is 0.460 e. The predicted octanol–water partition coefficient (Wildman–Crippen LogP) is 5.62. The second-order valence-electron chi connectivity index (χ2n) is 11.3. The average Bonchev–Trinajstić information content (AvgIpc) is 2.99. The van der Waals surface area contributed by atoms with Gasteiger partial charge in [-0.25, -0.2) is 0 Å². The third kappa shape index (κ3) is 3.82. The van der Waals surface area contributed by atoms with Gasteiger partial charge in [-0.2, -0.15) is 5.26 Å². The molecule has 0 aliphatic heterocycles. The maximum Gasteiger partial charge on any atom is 0.303 e. The number of rotatable bonds is 5. The molecule has 2 unspecified atom stereocenters. The number of carbonyl (C=O) groups excluding carboxylic acids is 1. The average molecular weight is 432 g/mol. The van der Waals surface area contributed by atoms with Crippen LogP contribution in [0.15, 0.2) is 0 Å². The quantitative estimate of drug-likeness (QED) is 0.417. The molecule has 0 aromatic carbocycles. The van der Waals surface area contributed by atoms with Crippen molar-refractivity contribution in [2.24, 2.45) is 35.0 Å². The number of ether oxygens (including phenoxy) is 3. The van der Waals surface area contributed by atoms with Crippen molar-refractivity contribution in [1.29, 1.82) is 5.26 Å². The summed E-state index contributed by atoms with van der Waals surface area (Å²) in [6, 6.07) is 2.64. The van der Waals surface area contributed by atoms with E-state index in [-0.39, 0.29) is 23.3 Å². The molecule has 0 saturated heterocycles. The summed E-state index contributed by atoms with van der Waals surface area (Å²) in [5, 5.41) is 10.3. The minimum Gasteiger partial charge on any atom is -0.460 e. The molecule has 0 radical (unpaired) electrons. The van der Waals surface area contributed by atoms with Gasteiger partial charge in [0.15, 0.2) is 11.9 Å². The molecule has 0 bridgehead atoms. The van der Waals surface area contributed by atoms with Gasteiger partial charge < -0.3 is 14.2 Å². The Morgan fingerprint density at radius 1 is 1.06 bits per heavy atom. The number of nitrogens with zero attached hydrogens (tertiary/aromatic N) is 1. The summed E-state index contributed by atoms with van der Waals surface area (Å²) >= 11 is 0. The Labute approximate surface area is 188 Å². The molecule has 31 heavy (non-hydrogen) atoms. The van der Waals surface area contributed by atoms with Crippen LogP contribution in [0.1, 0.15) is 92.4 Å². The van der Waals surface area contributed by atoms with Crippen LogP contribution in [0, 0.1) is 46.3 Å². The lowest BCUT2D eigenvalue weighted by atomic mass is 9.48. The lowest BCUT2D eigenvalue weighted by Crippen LogP contribution is -2.55. The Morgan fingerprint density at radius 3 is 2.48 bits per heavy atom. The van der Waals surface area contributed by atoms with Gasteiger partial charge in [0.1, 0.15) is 5.60 Å². The number of fused-ring (bicyclic) bond motifs is 5. The minimum atomic E-state index is -0.728. The zero-order valence-corrected chi connectivity index (χ0v) is 20.1. The maximum absolute atomic E-state index is 11.6. The van der Waals surface area contributed by atoms with Gasteiger partial charge in [-0.1, -0.05) is 6.92 Å². The first-order chi connectivity index (χ1) is 14.7. The summed E-state index contributed by atoms with van der Waals surface area (Å²) in [6.45, 7) is 10.5. The normalized spacial score (nSPS) is 47.4. The van der Waals surface area contributed by atoms with Crippen molar-refractivity contribution in [2.75, 3.05) is 6.61 Å². The molecule has 4 fully saturated rings. The Morgan fingerprint density at radius 2 is 1.81 bits per heavy atom. The zero-order valence-electron chi connectivity index (χ0n) is 20.1. The third-order valence-corrected chi connectivity index (χ3v) is 9.68. The van der Waals surface area contributed by atoms with E-state index in [1.54, 1.807) is 0 Å². The number of carbonyl (C=O) groups is 1. The van der Waals surface area contributed by atoms with E-state index in [2.05, 4.69) is 19.9 Å². The van der Waals surface area contributed by atoms with Crippen LogP contribution in [0.2, 0.25) is 0 Å². The number of hydrogen-bond donors (Lipinski definition) is 0. The van der Waals surface area contributed by atoms with Gasteiger partial charge in [0.05, 0.1) is 6.07 Å². The zero-order chi connectivity index (χ0) is 22.4. The molecule has 4 aliphatic rings. The molecule has 5 heteroatoms. The monoisotopic (exact) mass is 431 g/mol. The fraction of sp³-hybridized carbons (Fsp3) is 0.923. The van der Waals surface area contributed by atoms with Gasteiger partial charge in [0, 0.05) is 18.9 Å². The summed E-state index contributed by atoms with van der Waals surface area (Å²) in [6.07, 6.45) is 9.46. The van der Waals surface area contributed by atoms with Crippen molar-refractivity contribution >= 4 is 5.97 Å². The number of nitriles is 1. The lowest BCUT2D eigenvalue weighted by Gasteiger charge is -2.58. The summed E-state index contributed by atoms with van der Waals surface area (Å²) in [7, 11) is 0. The van der Waals surface area contributed by atoms with Crippen LogP contribution < -0.4 is 0 Å². The van der Waals surface area contributed by atoms with Crippen LogP contribution >= 0.6 is 0 Å². The van der Waals surface area contributed by atoms with E-state index in [4.69, 9.17) is 14.2 Å². The molecule has 0 amide bonds. The Hall–Kier alpha value is -1.12. The standard InChI is InChI=1S/C26H41NO4/c1-6-29-18(3)31-26(16-27)14-11-23-22-8-7-19-15-24(4,30-17(2)28)12-9-20(19)21(22)10-13-25(23,26)5/h18-23H,6-15H2,1-5H3/t18?,19-,20+,21-,22-,23+,24-,25+,26?/m1/s1. The minimum absolute atomic E-state index is 0.0952. The summed E-state index contributed by atoms with van der Waals surface area (Å²) in [5.74, 6) is 3.26. The SMILES string of the molecule is CCOC(C)OC1(C#N)CC[C@H]2[C@@H]3CC[C@@H]4C[C@](C)(OC(C)=O)CC[C@@H]4[C@H]3CC[C@@]21C. The van der Waals surface area contributed by atoms with E-state index in [0.717, 1.165) is 43.9 Å². The van der Waals surface area contributed by atoms with Gasteiger partial charge in [0.25, 0.3) is 0 Å². The van der Waals surface area contributed by atoms with Crippen molar-refractivity contribution in [3.63, 3.8) is 0 Å². The van der Waals surface area contributed by atoms with Gasteiger partial charge in [-0.05, 0) is 108 Å². The molecule has 0 heterocycles. The number of esters is 1. The third-order valence-electron chi connectivity index (χ3n) is 9.68. The van der Waals surface area contributed by atoms with Crippen LogP contribution in [0.25, 0.3) is 0 Å². The van der Waals surface area contributed by atoms with Gasteiger partial charge in [-0.3, -0.25) is 4.79 Å². The van der Waals surface area contributed by atoms with Crippen LogP contribution in [0.4, 0.5) is 0 Å². The molecule has 0 N–H and O–H groups in total. The predicted molar refractivity (Wildman–Crippen MR) is 118 cm³/mol. The molecule has 0 spiro atoms. The summed E-state index contributed by atoms with van der Waals surface area (Å²) in [4.78, 5) is 11.6. The molecule has 4 saturated carbocycles. The fourth-order valence-corrected chi connectivity index (χ4v) is 8.46. The Kier molecular flexibility index (Phi) is 6.20. The van der Waals surface area contributed by atoms with Gasteiger partial charge in [-0.15, -0.1) is 0 Å². The fourth-order valence-electron chi connectivity index (χ4n) is 8.46. The van der Waals surface area contributed by atoms with Crippen LogP contribution in [0.5, 0.6) is 0 Å². The molecule has 174 valence electrons. The second kappa shape index (κ2) is 8.34. The van der Waals surface area contributed by atoms with E-state index in [0.29, 0.717) is 24.4 Å². The first kappa shape index (κ1) is 23.1. The van der Waals surface area contributed by atoms with E-state index in [1.165, 1.54) is 32.6 Å². The smallest absolute Gasteiger partial charge is 0.303 e. The summed E-state index contributed by atoms with van der Waals surface area (Å²) < 4.78 is 17.8. The topological polar surface area (TPSA) is 68.6 Å². The molecule has 4 aliphatic carbocycles. The maximum atomic E-state index is 11.6. The molecular weight excluding hydrogens is 390 g/mol. The highest BCUT2D eigenvalue weighted by Crippen LogP contribution is 2.66. The highest BCUT2D eigenvalue weighted by Gasteiger charge is 2.65. The first-order valence-electron chi connectivity index (χ1n) is 12.6. The van der Waals surface area contributed by atoms with Crippen LogP contribution in [-0.2, 0) is 19.0 Å². The molecule has 0 aromatic heterocycles. The Balaban J connectivity index is 1.50.